The summed E-state index contributed by atoms with van der Waals surface area (Å²) in [7, 11) is 0. The summed E-state index contributed by atoms with van der Waals surface area (Å²) in [5.74, 6) is 0. The second kappa shape index (κ2) is 6.15. The summed E-state index contributed by atoms with van der Waals surface area (Å²) in [6.45, 7) is 2.53. The van der Waals surface area contributed by atoms with Crippen LogP contribution in [0.3, 0.4) is 0 Å². The Morgan fingerprint density at radius 1 is 1.11 bits per heavy atom. The lowest BCUT2D eigenvalue weighted by molar-refractivity contribution is 0.0182. The van der Waals surface area contributed by atoms with Crippen LogP contribution in [0.25, 0.3) is 0 Å². The molecule has 6 heteroatoms. The number of rotatable bonds is 3. The highest BCUT2D eigenvalue weighted by molar-refractivity contribution is 6.36. The van der Waals surface area contributed by atoms with Crippen LogP contribution in [0.5, 0.6) is 0 Å². The van der Waals surface area contributed by atoms with Gasteiger partial charge in [-0.15, -0.1) is 0 Å². The van der Waals surface area contributed by atoms with Gasteiger partial charge in [0.05, 0.1) is 6.04 Å². The molecule has 0 bridgehead atoms. The summed E-state index contributed by atoms with van der Waals surface area (Å²) in [6.07, 6.45) is -2.51. The molecular formula is C12H14Cl2F2N2. The molecule has 0 amide bonds. The van der Waals surface area contributed by atoms with Gasteiger partial charge in [0, 0.05) is 41.8 Å². The van der Waals surface area contributed by atoms with Gasteiger partial charge in [0.15, 0.2) is 0 Å². The van der Waals surface area contributed by atoms with Crippen LogP contribution >= 0.6 is 23.2 Å². The van der Waals surface area contributed by atoms with Crippen LogP contribution in [-0.2, 0) is 0 Å². The zero-order chi connectivity index (χ0) is 13.1. The number of nitrogens with zero attached hydrogens (tertiary/aromatic N) is 1. The minimum atomic E-state index is -2.51. The van der Waals surface area contributed by atoms with Gasteiger partial charge in [-0.2, -0.15) is 0 Å². The topological polar surface area (TPSA) is 15.3 Å². The highest BCUT2D eigenvalue weighted by Gasteiger charge is 2.33. The Labute approximate surface area is 115 Å². The monoisotopic (exact) mass is 294 g/mol. The summed E-state index contributed by atoms with van der Waals surface area (Å²) in [4.78, 5) is 1.73. The van der Waals surface area contributed by atoms with Crippen molar-refractivity contribution in [2.75, 3.05) is 26.2 Å². The predicted molar refractivity (Wildman–Crippen MR) is 69.6 cm³/mol. The minimum Gasteiger partial charge on any atom is -0.314 e. The number of halogens is 4. The summed E-state index contributed by atoms with van der Waals surface area (Å²) < 4.78 is 26.7. The first-order valence-electron chi connectivity index (χ1n) is 5.78. The Morgan fingerprint density at radius 3 is 2.17 bits per heavy atom. The summed E-state index contributed by atoms with van der Waals surface area (Å²) in [5.41, 5.74) is 0.331. The van der Waals surface area contributed by atoms with E-state index >= 15 is 0 Å². The lowest BCUT2D eigenvalue weighted by Crippen LogP contribution is -2.47. The lowest BCUT2D eigenvalue weighted by Gasteiger charge is -2.35. The molecule has 100 valence electrons. The SMILES string of the molecule is FC(F)[C@H](c1c(Cl)cccc1Cl)N1CCNCC1. The zero-order valence-electron chi connectivity index (χ0n) is 9.67. The van der Waals surface area contributed by atoms with Crippen molar-refractivity contribution < 1.29 is 8.78 Å². The van der Waals surface area contributed by atoms with E-state index in [2.05, 4.69) is 5.32 Å². The second-order valence-electron chi connectivity index (χ2n) is 4.20. The molecule has 0 saturated carbocycles. The van der Waals surface area contributed by atoms with Crippen molar-refractivity contribution in [3.63, 3.8) is 0 Å². The molecule has 1 aliphatic heterocycles. The van der Waals surface area contributed by atoms with Crippen molar-refractivity contribution in [3.05, 3.63) is 33.8 Å². The van der Waals surface area contributed by atoms with E-state index in [0.29, 0.717) is 41.8 Å². The first kappa shape index (κ1) is 14.0. The van der Waals surface area contributed by atoms with E-state index in [1.54, 1.807) is 23.1 Å². The van der Waals surface area contributed by atoms with Crippen molar-refractivity contribution in [1.29, 1.82) is 0 Å². The summed E-state index contributed by atoms with van der Waals surface area (Å²) >= 11 is 12.1. The van der Waals surface area contributed by atoms with Gasteiger partial charge in [-0.05, 0) is 12.1 Å². The molecule has 1 heterocycles. The summed E-state index contributed by atoms with van der Waals surface area (Å²) in [6, 6.07) is 3.82. The summed E-state index contributed by atoms with van der Waals surface area (Å²) in [5, 5.41) is 3.73. The number of nitrogens with one attached hydrogen (secondary N) is 1. The number of benzene rings is 1. The van der Waals surface area contributed by atoms with Gasteiger partial charge in [-0.1, -0.05) is 29.3 Å². The van der Waals surface area contributed by atoms with Gasteiger partial charge < -0.3 is 5.32 Å². The second-order valence-corrected chi connectivity index (χ2v) is 5.01. The van der Waals surface area contributed by atoms with Gasteiger partial charge in [-0.3, -0.25) is 4.90 Å². The first-order valence-corrected chi connectivity index (χ1v) is 6.53. The van der Waals surface area contributed by atoms with Crippen molar-refractivity contribution in [2.45, 2.75) is 12.5 Å². The molecule has 0 aromatic heterocycles. The van der Waals surface area contributed by atoms with Crippen LogP contribution in [-0.4, -0.2) is 37.5 Å². The molecule has 1 saturated heterocycles. The number of alkyl halides is 2. The predicted octanol–water partition coefficient (Wildman–Crippen LogP) is 3.20. The van der Waals surface area contributed by atoms with Crippen molar-refractivity contribution in [1.82, 2.24) is 10.2 Å². The van der Waals surface area contributed by atoms with E-state index in [1.165, 1.54) is 0 Å². The van der Waals surface area contributed by atoms with Crippen molar-refractivity contribution in [3.8, 4) is 0 Å². The molecule has 1 aliphatic rings. The molecule has 1 aromatic rings. The molecule has 0 radical (unpaired) electrons. The zero-order valence-corrected chi connectivity index (χ0v) is 11.2. The van der Waals surface area contributed by atoms with Gasteiger partial charge in [0.2, 0.25) is 0 Å². The minimum absolute atomic E-state index is 0.298. The third-order valence-electron chi connectivity index (χ3n) is 3.08. The molecule has 0 aliphatic carbocycles. The number of hydrogen-bond donors (Lipinski definition) is 1. The van der Waals surface area contributed by atoms with Gasteiger partial charge in [-0.25, -0.2) is 8.78 Å². The van der Waals surface area contributed by atoms with E-state index in [1.807, 2.05) is 0 Å². The fourth-order valence-corrected chi connectivity index (χ4v) is 2.84. The Hall–Kier alpha value is -0.420. The van der Waals surface area contributed by atoms with Gasteiger partial charge in [0.1, 0.15) is 0 Å². The van der Waals surface area contributed by atoms with Crippen LogP contribution < -0.4 is 5.32 Å². The van der Waals surface area contributed by atoms with Crippen molar-refractivity contribution in [2.24, 2.45) is 0 Å². The molecule has 0 unspecified atom stereocenters. The van der Waals surface area contributed by atoms with Crippen LogP contribution in [0, 0.1) is 0 Å². The quantitative estimate of drug-likeness (QED) is 0.921. The first-order chi connectivity index (χ1) is 8.61. The number of hydrogen-bond acceptors (Lipinski definition) is 2. The molecule has 2 rings (SSSR count). The Morgan fingerprint density at radius 2 is 1.67 bits per heavy atom. The van der Waals surface area contributed by atoms with Crippen LogP contribution in [0.4, 0.5) is 8.78 Å². The van der Waals surface area contributed by atoms with E-state index in [4.69, 9.17) is 23.2 Å². The third kappa shape index (κ3) is 2.94. The maximum absolute atomic E-state index is 13.4. The standard InChI is InChI=1S/C12H14Cl2F2N2/c13-8-2-1-3-9(14)10(8)11(12(15)16)18-6-4-17-5-7-18/h1-3,11-12,17H,4-7H2/t11-/m0/s1. The normalized spacial score (nSPS) is 19.2. The molecule has 1 aromatic carbocycles. The molecule has 1 fully saturated rings. The maximum atomic E-state index is 13.4. The van der Waals surface area contributed by atoms with Gasteiger partial charge in [0.25, 0.3) is 6.43 Å². The Bertz CT molecular complexity index is 389. The van der Waals surface area contributed by atoms with Crippen molar-refractivity contribution >= 4 is 23.2 Å². The average molecular weight is 295 g/mol. The molecule has 0 spiro atoms. The molecule has 1 atom stereocenters. The highest BCUT2D eigenvalue weighted by Crippen LogP contribution is 2.37. The van der Waals surface area contributed by atoms with E-state index in [0.717, 1.165) is 0 Å². The maximum Gasteiger partial charge on any atom is 0.258 e. The average Bonchev–Trinajstić information content (AvgIpc) is 2.34. The molecule has 2 nitrogen and oxygen atoms in total. The van der Waals surface area contributed by atoms with Crippen LogP contribution in [0.15, 0.2) is 18.2 Å². The van der Waals surface area contributed by atoms with Crippen LogP contribution in [0.1, 0.15) is 11.6 Å². The Balaban J connectivity index is 2.34. The fraction of sp³-hybridized carbons (Fsp3) is 0.500. The van der Waals surface area contributed by atoms with Crippen LogP contribution in [0.2, 0.25) is 10.0 Å². The molecular weight excluding hydrogens is 281 g/mol. The lowest BCUT2D eigenvalue weighted by atomic mass is 10.0. The fourth-order valence-electron chi connectivity index (χ4n) is 2.22. The van der Waals surface area contributed by atoms with E-state index in [-0.39, 0.29) is 0 Å². The largest absolute Gasteiger partial charge is 0.314 e. The highest BCUT2D eigenvalue weighted by atomic mass is 35.5. The molecule has 1 N–H and O–H groups in total. The third-order valence-corrected chi connectivity index (χ3v) is 3.74. The smallest absolute Gasteiger partial charge is 0.258 e. The molecule has 18 heavy (non-hydrogen) atoms. The number of piperazine rings is 1. The van der Waals surface area contributed by atoms with E-state index in [9.17, 15) is 8.78 Å². The van der Waals surface area contributed by atoms with Gasteiger partial charge >= 0.3 is 0 Å². The Kier molecular flexibility index (Phi) is 4.78. The van der Waals surface area contributed by atoms with E-state index < -0.39 is 12.5 Å².